The van der Waals surface area contributed by atoms with Crippen LogP contribution < -0.4 is 0 Å². The summed E-state index contributed by atoms with van der Waals surface area (Å²) in [5.74, 6) is 6.05. The zero-order valence-corrected chi connectivity index (χ0v) is 38.4. The molecule has 0 radical (unpaired) electrons. The molecule has 11 heteroatoms. The molecule has 59 heavy (non-hydrogen) atoms. The van der Waals surface area contributed by atoms with Crippen LogP contribution in [0.4, 0.5) is 0 Å². The number of fused-ring (bicyclic) bond motifs is 5. The van der Waals surface area contributed by atoms with Crippen molar-refractivity contribution in [3.8, 4) is 0 Å². The molecule has 4 rings (SSSR count). The Hall–Kier alpha value is -0.700. The van der Waals surface area contributed by atoms with Crippen molar-refractivity contribution >= 4 is 0 Å². The van der Waals surface area contributed by atoms with E-state index in [4.69, 9.17) is 52.5 Å². The van der Waals surface area contributed by atoms with Crippen molar-refractivity contribution in [2.45, 2.75) is 112 Å². The second kappa shape index (κ2) is 28.9. The molecule has 0 bridgehead atoms. The SMILES string of the molecule is CC(C)[C@H](C)CC[C@@H](C)[C@H]1CC[C@H]2[C@@H]3CC=C4CC(OCCOCCOCCOCCOCCOCCOCCOCCOCCOCCO)CC[C@]4(C)[C@H]3CC[C@]12C. The van der Waals surface area contributed by atoms with Crippen molar-refractivity contribution in [3.05, 3.63) is 11.6 Å². The third kappa shape index (κ3) is 17.1. The van der Waals surface area contributed by atoms with E-state index >= 15 is 0 Å². The fourth-order valence-corrected chi connectivity index (χ4v) is 11.0. The van der Waals surface area contributed by atoms with Crippen LogP contribution in [0.25, 0.3) is 0 Å². The zero-order chi connectivity index (χ0) is 42.2. The number of rotatable bonds is 35. The maximum absolute atomic E-state index is 8.62. The monoisotopic (exact) mass is 841 g/mol. The molecular formula is C48H88O11. The lowest BCUT2D eigenvalue weighted by Crippen LogP contribution is -2.51. The van der Waals surface area contributed by atoms with Gasteiger partial charge >= 0.3 is 0 Å². The Bertz CT molecular complexity index is 1110. The summed E-state index contributed by atoms with van der Waals surface area (Å²) in [6, 6.07) is 0. The van der Waals surface area contributed by atoms with Gasteiger partial charge in [-0.15, -0.1) is 0 Å². The molecule has 0 aliphatic heterocycles. The van der Waals surface area contributed by atoms with Gasteiger partial charge in [-0.2, -0.15) is 0 Å². The van der Waals surface area contributed by atoms with Crippen molar-refractivity contribution in [2.75, 3.05) is 132 Å². The molecule has 0 spiro atoms. The topological polar surface area (TPSA) is 113 Å². The molecule has 0 aromatic carbocycles. The minimum atomic E-state index is 0.0296. The lowest BCUT2D eigenvalue weighted by atomic mass is 9.47. The van der Waals surface area contributed by atoms with Crippen LogP contribution in [0.15, 0.2) is 11.6 Å². The Kier molecular flexibility index (Phi) is 24.9. The van der Waals surface area contributed by atoms with Crippen LogP contribution in [0.2, 0.25) is 0 Å². The van der Waals surface area contributed by atoms with Gasteiger partial charge in [0, 0.05) is 0 Å². The van der Waals surface area contributed by atoms with Crippen LogP contribution in [0.5, 0.6) is 0 Å². The van der Waals surface area contributed by atoms with Crippen molar-refractivity contribution in [1.29, 1.82) is 0 Å². The van der Waals surface area contributed by atoms with Gasteiger partial charge in [-0.3, -0.25) is 0 Å². The van der Waals surface area contributed by atoms with Crippen molar-refractivity contribution in [2.24, 2.45) is 52.3 Å². The molecule has 9 atom stereocenters. The fraction of sp³-hybridized carbons (Fsp3) is 0.958. The molecule has 1 N–H and O–H groups in total. The van der Waals surface area contributed by atoms with E-state index in [2.05, 4.69) is 47.6 Å². The molecule has 346 valence electrons. The number of ether oxygens (including phenoxy) is 10. The van der Waals surface area contributed by atoms with E-state index in [1.807, 2.05) is 0 Å². The van der Waals surface area contributed by atoms with E-state index < -0.39 is 0 Å². The highest BCUT2D eigenvalue weighted by molar-refractivity contribution is 5.25. The molecule has 0 amide bonds. The maximum Gasteiger partial charge on any atom is 0.0704 e. The van der Waals surface area contributed by atoms with Crippen LogP contribution in [-0.4, -0.2) is 143 Å². The number of aliphatic hydroxyl groups is 1. The number of hydrogen-bond acceptors (Lipinski definition) is 11. The lowest BCUT2D eigenvalue weighted by Gasteiger charge is -2.58. The van der Waals surface area contributed by atoms with E-state index in [0.717, 1.165) is 47.8 Å². The number of hydrogen-bond donors (Lipinski definition) is 1. The quantitative estimate of drug-likeness (QED) is 0.0499. The molecule has 0 heterocycles. The first-order valence-electron chi connectivity index (χ1n) is 23.8. The highest BCUT2D eigenvalue weighted by Crippen LogP contribution is 2.67. The maximum atomic E-state index is 8.62. The smallest absolute Gasteiger partial charge is 0.0704 e. The fourth-order valence-electron chi connectivity index (χ4n) is 11.0. The molecule has 1 unspecified atom stereocenters. The van der Waals surface area contributed by atoms with Crippen molar-refractivity contribution < 1.29 is 52.5 Å². The Morgan fingerprint density at radius 3 is 1.51 bits per heavy atom. The largest absolute Gasteiger partial charge is 0.394 e. The highest BCUT2D eigenvalue weighted by atomic mass is 16.6. The van der Waals surface area contributed by atoms with E-state index in [-0.39, 0.29) is 6.61 Å². The first-order valence-corrected chi connectivity index (χ1v) is 23.8. The van der Waals surface area contributed by atoms with Gasteiger partial charge in [0.15, 0.2) is 0 Å². The van der Waals surface area contributed by atoms with Crippen molar-refractivity contribution in [1.82, 2.24) is 0 Å². The Morgan fingerprint density at radius 2 is 1.03 bits per heavy atom. The summed E-state index contributed by atoms with van der Waals surface area (Å²) >= 11 is 0. The van der Waals surface area contributed by atoms with Gasteiger partial charge in [-0.1, -0.05) is 66.0 Å². The van der Waals surface area contributed by atoms with Gasteiger partial charge in [-0.05, 0) is 104 Å². The Labute approximate surface area is 359 Å². The second-order valence-electron chi connectivity index (χ2n) is 18.7. The Balaban J connectivity index is 0.918. The van der Waals surface area contributed by atoms with Gasteiger partial charge in [0.2, 0.25) is 0 Å². The third-order valence-corrected chi connectivity index (χ3v) is 14.8. The second-order valence-corrected chi connectivity index (χ2v) is 18.7. The normalized spacial score (nSPS) is 28.9. The first-order chi connectivity index (χ1) is 28.7. The van der Waals surface area contributed by atoms with Gasteiger partial charge < -0.3 is 52.5 Å². The summed E-state index contributed by atoms with van der Waals surface area (Å²) in [5.41, 5.74) is 2.61. The van der Waals surface area contributed by atoms with E-state index in [1.54, 1.807) is 5.57 Å². The van der Waals surface area contributed by atoms with Gasteiger partial charge in [0.05, 0.1) is 138 Å². The van der Waals surface area contributed by atoms with E-state index in [0.29, 0.717) is 142 Å². The summed E-state index contributed by atoms with van der Waals surface area (Å²) in [4.78, 5) is 0. The van der Waals surface area contributed by atoms with E-state index in [9.17, 15) is 0 Å². The number of allylic oxidation sites excluding steroid dienone is 1. The molecule has 4 aliphatic rings. The van der Waals surface area contributed by atoms with Crippen LogP contribution in [0.1, 0.15) is 106 Å². The van der Waals surface area contributed by atoms with Gasteiger partial charge in [-0.25, -0.2) is 0 Å². The summed E-state index contributed by atoms with van der Waals surface area (Å²) in [6.07, 6.45) is 16.5. The third-order valence-electron chi connectivity index (χ3n) is 14.8. The van der Waals surface area contributed by atoms with Crippen LogP contribution in [0.3, 0.4) is 0 Å². The molecular weight excluding hydrogens is 753 g/mol. The summed E-state index contributed by atoms with van der Waals surface area (Å²) < 4.78 is 55.9. The molecule has 0 aromatic rings. The minimum Gasteiger partial charge on any atom is -0.394 e. The Morgan fingerprint density at radius 1 is 0.559 bits per heavy atom. The highest BCUT2D eigenvalue weighted by Gasteiger charge is 2.59. The molecule has 3 fully saturated rings. The standard InChI is InChI=1S/C48H88O11/c1-38(2)39(3)7-8-40(4)44-11-12-45-43-10-9-41-37-42(13-15-47(41,5)46(43)14-16-48(44,45)6)59-36-35-58-34-33-57-32-31-56-30-29-55-28-27-54-26-25-53-24-23-52-22-21-51-20-19-50-18-17-49/h9,38-40,42-46,49H,7-8,10-37H2,1-6H3/t39-,40-,42?,43+,44-,45+,46+,47+,48-/m1/s1. The van der Waals surface area contributed by atoms with Crippen LogP contribution in [0, 0.1) is 52.3 Å². The molecule has 4 aliphatic carbocycles. The average molecular weight is 841 g/mol. The first kappa shape index (κ1) is 50.9. The van der Waals surface area contributed by atoms with E-state index in [1.165, 1.54) is 57.8 Å². The predicted octanol–water partition coefficient (Wildman–Crippen LogP) is 7.80. The minimum absolute atomic E-state index is 0.0296. The summed E-state index contributed by atoms with van der Waals surface area (Å²) in [5, 5.41) is 8.62. The average Bonchev–Trinajstić information content (AvgIpc) is 3.59. The summed E-state index contributed by atoms with van der Waals surface area (Å²) in [6.45, 7) is 25.1. The molecule has 3 saturated carbocycles. The number of aliphatic hydroxyl groups excluding tert-OH is 1. The summed E-state index contributed by atoms with van der Waals surface area (Å²) in [7, 11) is 0. The molecule has 0 aromatic heterocycles. The zero-order valence-electron chi connectivity index (χ0n) is 38.4. The van der Waals surface area contributed by atoms with Crippen molar-refractivity contribution in [3.63, 3.8) is 0 Å². The van der Waals surface area contributed by atoms with Gasteiger partial charge in [0.1, 0.15) is 0 Å². The van der Waals surface area contributed by atoms with Crippen LogP contribution >= 0.6 is 0 Å². The van der Waals surface area contributed by atoms with Crippen LogP contribution in [-0.2, 0) is 47.4 Å². The molecule has 11 nitrogen and oxygen atoms in total. The lowest BCUT2D eigenvalue weighted by molar-refractivity contribution is -0.0693. The predicted molar refractivity (Wildman–Crippen MR) is 232 cm³/mol. The van der Waals surface area contributed by atoms with Gasteiger partial charge in [0.25, 0.3) is 0 Å². The molecule has 0 saturated heterocycles.